The van der Waals surface area contributed by atoms with Crippen molar-refractivity contribution in [2.24, 2.45) is 5.92 Å². The molecule has 0 aromatic rings. The molecule has 0 heterocycles. The molecular formula is C42H81NO. The molecule has 0 saturated heterocycles. The molecule has 2 nitrogen and oxygen atoms in total. The summed E-state index contributed by atoms with van der Waals surface area (Å²) in [5.41, 5.74) is 0. The Balaban J connectivity index is 3.61. The lowest BCUT2D eigenvalue weighted by Gasteiger charge is -2.21. The SMILES string of the molecule is CCCCC/C=C\C/C=C\CCCCCCCCCCC(CN(C)C)OCCCCCCCCC(C)C/C=C\CCCCC. The minimum absolute atomic E-state index is 0.414. The fourth-order valence-electron chi connectivity index (χ4n) is 5.98. The maximum absolute atomic E-state index is 6.36. The average Bonchev–Trinajstić information content (AvgIpc) is 3.00. The summed E-state index contributed by atoms with van der Waals surface area (Å²) in [5.74, 6) is 0.847. The second kappa shape index (κ2) is 36.6. The second-order valence-electron chi connectivity index (χ2n) is 14.1. The van der Waals surface area contributed by atoms with E-state index >= 15 is 0 Å². The van der Waals surface area contributed by atoms with E-state index in [1.165, 1.54) is 167 Å². The Labute approximate surface area is 279 Å². The van der Waals surface area contributed by atoms with E-state index in [9.17, 15) is 0 Å². The topological polar surface area (TPSA) is 12.5 Å². The van der Waals surface area contributed by atoms with Crippen molar-refractivity contribution in [3.05, 3.63) is 36.5 Å². The van der Waals surface area contributed by atoms with E-state index in [1.54, 1.807) is 0 Å². The molecule has 0 radical (unpaired) electrons. The summed E-state index contributed by atoms with van der Waals surface area (Å²) < 4.78 is 6.36. The summed E-state index contributed by atoms with van der Waals surface area (Å²) in [6.45, 7) is 8.99. The van der Waals surface area contributed by atoms with Gasteiger partial charge in [0, 0.05) is 13.2 Å². The molecule has 0 aromatic carbocycles. The number of rotatable bonds is 35. The largest absolute Gasteiger partial charge is 0.377 e. The van der Waals surface area contributed by atoms with Gasteiger partial charge in [0.2, 0.25) is 0 Å². The number of likely N-dealkylation sites (N-methyl/N-ethyl adjacent to an activating group) is 1. The van der Waals surface area contributed by atoms with Gasteiger partial charge in [-0.15, -0.1) is 0 Å². The zero-order valence-electron chi connectivity index (χ0n) is 31.0. The Morgan fingerprint density at radius 2 is 0.955 bits per heavy atom. The molecule has 2 atom stereocenters. The van der Waals surface area contributed by atoms with Crippen molar-refractivity contribution in [2.45, 2.75) is 200 Å². The van der Waals surface area contributed by atoms with Gasteiger partial charge in [0.05, 0.1) is 6.10 Å². The zero-order valence-corrected chi connectivity index (χ0v) is 31.0. The molecule has 0 bridgehead atoms. The van der Waals surface area contributed by atoms with Crippen LogP contribution in [-0.4, -0.2) is 38.3 Å². The van der Waals surface area contributed by atoms with Gasteiger partial charge in [-0.3, -0.25) is 0 Å². The van der Waals surface area contributed by atoms with E-state index in [4.69, 9.17) is 4.74 Å². The van der Waals surface area contributed by atoms with Gasteiger partial charge in [-0.1, -0.05) is 166 Å². The standard InChI is InChI=1S/C42H81NO/c1-6-8-10-12-14-15-16-17-18-19-20-21-22-23-24-25-30-34-38-42(40-43(4)5)44-39-35-31-27-26-29-33-37-41(3)36-32-28-13-11-9-7-2/h14-15,17-18,28,32,41-42H,6-13,16,19-27,29-31,33-40H2,1-5H3/b15-14-,18-17-,32-28-. The van der Waals surface area contributed by atoms with Crippen LogP contribution in [0.25, 0.3) is 0 Å². The first kappa shape index (κ1) is 43.1. The number of hydrogen-bond donors (Lipinski definition) is 0. The second-order valence-corrected chi connectivity index (χ2v) is 14.1. The van der Waals surface area contributed by atoms with Gasteiger partial charge in [-0.05, 0) is 84.2 Å². The van der Waals surface area contributed by atoms with Gasteiger partial charge in [-0.25, -0.2) is 0 Å². The van der Waals surface area contributed by atoms with Crippen molar-refractivity contribution in [2.75, 3.05) is 27.2 Å². The van der Waals surface area contributed by atoms with Crippen molar-refractivity contribution in [1.29, 1.82) is 0 Å². The van der Waals surface area contributed by atoms with Crippen molar-refractivity contribution >= 4 is 0 Å². The van der Waals surface area contributed by atoms with Crippen LogP contribution in [0, 0.1) is 5.92 Å². The van der Waals surface area contributed by atoms with E-state index in [0.717, 1.165) is 25.5 Å². The van der Waals surface area contributed by atoms with Crippen LogP contribution in [0.2, 0.25) is 0 Å². The molecule has 0 aliphatic carbocycles. The molecule has 260 valence electrons. The summed E-state index contributed by atoms with van der Waals surface area (Å²) in [6.07, 6.45) is 50.8. The minimum Gasteiger partial charge on any atom is -0.377 e. The van der Waals surface area contributed by atoms with Crippen molar-refractivity contribution < 1.29 is 4.74 Å². The molecule has 0 fully saturated rings. The first-order chi connectivity index (χ1) is 21.6. The van der Waals surface area contributed by atoms with Crippen molar-refractivity contribution in [3.8, 4) is 0 Å². The van der Waals surface area contributed by atoms with Crippen LogP contribution in [0.15, 0.2) is 36.5 Å². The number of nitrogens with zero attached hydrogens (tertiary/aromatic N) is 1. The third-order valence-corrected chi connectivity index (χ3v) is 8.92. The number of ether oxygens (including phenoxy) is 1. The third-order valence-electron chi connectivity index (χ3n) is 8.92. The van der Waals surface area contributed by atoms with Gasteiger partial charge in [0.1, 0.15) is 0 Å². The smallest absolute Gasteiger partial charge is 0.0701 e. The fraction of sp³-hybridized carbons (Fsp3) is 0.857. The quantitative estimate of drug-likeness (QED) is 0.0519. The normalized spacial score (nSPS) is 13.8. The Morgan fingerprint density at radius 1 is 0.500 bits per heavy atom. The summed E-state index contributed by atoms with van der Waals surface area (Å²) >= 11 is 0. The van der Waals surface area contributed by atoms with Crippen LogP contribution in [-0.2, 0) is 4.74 Å². The highest BCUT2D eigenvalue weighted by atomic mass is 16.5. The molecule has 2 heteroatoms. The molecule has 0 aliphatic rings. The Morgan fingerprint density at radius 3 is 1.50 bits per heavy atom. The lowest BCUT2D eigenvalue weighted by Crippen LogP contribution is -2.28. The van der Waals surface area contributed by atoms with E-state index in [2.05, 4.69) is 76.2 Å². The maximum atomic E-state index is 6.36. The Bertz CT molecular complexity index is 621. The lowest BCUT2D eigenvalue weighted by atomic mass is 9.98. The van der Waals surface area contributed by atoms with E-state index in [-0.39, 0.29) is 0 Å². The zero-order chi connectivity index (χ0) is 32.2. The van der Waals surface area contributed by atoms with E-state index in [0.29, 0.717) is 6.10 Å². The number of allylic oxidation sites excluding steroid dienone is 6. The Hall–Kier alpha value is -0.860. The van der Waals surface area contributed by atoms with Gasteiger partial charge in [0.25, 0.3) is 0 Å². The molecule has 0 N–H and O–H groups in total. The summed E-state index contributed by atoms with van der Waals surface area (Å²) in [4.78, 5) is 2.30. The fourth-order valence-corrected chi connectivity index (χ4v) is 5.98. The average molecular weight is 616 g/mol. The summed E-state index contributed by atoms with van der Waals surface area (Å²) in [7, 11) is 4.37. The van der Waals surface area contributed by atoms with Crippen molar-refractivity contribution in [1.82, 2.24) is 4.90 Å². The minimum atomic E-state index is 0.414. The van der Waals surface area contributed by atoms with Gasteiger partial charge < -0.3 is 9.64 Å². The highest BCUT2D eigenvalue weighted by Crippen LogP contribution is 2.17. The predicted octanol–water partition coefficient (Wildman–Crippen LogP) is 13.8. The highest BCUT2D eigenvalue weighted by Gasteiger charge is 2.10. The number of unbranched alkanes of at least 4 members (excludes halogenated alkanes) is 19. The molecule has 0 aromatic heterocycles. The first-order valence-electron chi connectivity index (χ1n) is 19.8. The van der Waals surface area contributed by atoms with E-state index < -0.39 is 0 Å². The predicted molar refractivity (Wildman–Crippen MR) is 201 cm³/mol. The van der Waals surface area contributed by atoms with Crippen LogP contribution in [0.5, 0.6) is 0 Å². The molecule has 0 spiro atoms. The van der Waals surface area contributed by atoms with Crippen LogP contribution in [0.3, 0.4) is 0 Å². The maximum Gasteiger partial charge on any atom is 0.0701 e. The van der Waals surface area contributed by atoms with Crippen LogP contribution >= 0.6 is 0 Å². The number of hydrogen-bond acceptors (Lipinski definition) is 2. The molecule has 0 amide bonds. The molecule has 44 heavy (non-hydrogen) atoms. The molecule has 0 saturated carbocycles. The first-order valence-corrected chi connectivity index (χ1v) is 19.8. The summed E-state index contributed by atoms with van der Waals surface area (Å²) in [6, 6.07) is 0. The molecule has 2 unspecified atom stereocenters. The van der Waals surface area contributed by atoms with Gasteiger partial charge in [0.15, 0.2) is 0 Å². The lowest BCUT2D eigenvalue weighted by molar-refractivity contribution is 0.0266. The van der Waals surface area contributed by atoms with Crippen molar-refractivity contribution in [3.63, 3.8) is 0 Å². The third kappa shape index (κ3) is 35.6. The Kier molecular flexibility index (Phi) is 35.9. The summed E-state index contributed by atoms with van der Waals surface area (Å²) in [5, 5.41) is 0. The van der Waals surface area contributed by atoms with E-state index in [1.807, 2.05) is 0 Å². The van der Waals surface area contributed by atoms with Gasteiger partial charge >= 0.3 is 0 Å². The van der Waals surface area contributed by atoms with Gasteiger partial charge in [-0.2, -0.15) is 0 Å². The van der Waals surface area contributed by atoms with Crippen LogP contribution < -0.4 is 0 Å². The molecule has 0 rings (SSSR count). The highest BCUT2D eigenvalue weighted by molar-refractivity contribution is 4.92. The van der Waals surface area contributed by atoms with Crippen LogP contribution in [0.4, 0.5) is 0 Å². The molecular weight excluding hydrogens is 534 g/mol. The monoisotopic (exact) mass is 616 g/mol. The van der Waals surface area contributed by atoms with Crippen LogP contribution in [0.1, 0.15) is 194 Å². The molecule has 0 aliphatic heterocycles.